The number of ether oxygens (including phenoxy) is 4. The minimum absolute atomic E-state index is 0.00313. The van der Waals surface area contributed by atoms with Gasteiger partial charge in [0.2, 0.25) is 0 Å². The molecular weight excluding hydrogens is 554 g/mol. The largest absolute Gasteiger partial charge is 0.458 e. The van der Waals surface area contributed by atoms with Gasteiger partial charge in [-0.15, -0.1) is 0 Å². The molecule has 0 aromatic carbocycles. The lowest BCUT2D eigenvalue weighted by Gasteiger charge is -2.66. The van der Waals surface area contributed by atoms with Crippen LogP contribution >= 0.6 is 0 Å². The molecule has 2 aliphatic heterocycles. The highest BCUT2D eigenvalue weighted by Crippen LogP contribution is 2.70. The van der Waals surface area contributed by atoms with E-state index in [1.165, 1.54) is 0 Å². The first-order chi connectivity index (χ1) is 20.5. The average molecular weight is 606 g/mol. The lowest BCUT2D eigenvalue weighted by molar-refractivity contribution is -0.284. The Hall–Kier alpha value is -1.40. The van der Waals surface area contributed by atoms with E-state index in [4.69, 9.17) is 23.9 Å². The van der Waals surface area contributed by atoms with Crippen LogP contribution in [0, 0.1) is 28.6 Å². The molecular formula is C33H51NO9. The highest BCUT2D eigenvalue weighted by Gasteiger charge is 2.71. The van der Waals surface area contributed by atoms with Gasteiger partial charge in [0.15, 0.2) is 6.29 Å². The van der Waals surface area contributed by atoms with Crippen molar-refractivity contribution in [2.24, 2.45) is 33.6 Å². The fraction of sp³-hybridized carbons (Fsp3) is 0.879. The summed E-state index contributed by atoms with van der Waals surface area (Å²) in [7, 11) is 1.59. The molecule has 0 bridgehead atoms. The summed E-state index contributed by atoms with van der Waals surface area (Å²) in [6.07, 6.45) is 8.64. The van der Waals surface area contributed by atoms with Crippen LogP contribution in [-0.4, -0.2) is 101 Å². The molecule has 0 unspecified atom stereocenters. The quantitative estimate of drug-likeness (QED) is 0.142. The summed E-state index contributed by atoms with van der Waals surface area (Å²) in [4.78, 5) is 16.7. The predicted molar refractivity (Wildman–Crippen MR) is 157 cm³/mol. The Bertz CT molecular complexity index is 1110. The SMILES string of the molecule is CO[C@H]1C[C@H](O[C@@H]2CC[C@]3(C=NCCCO)[C@H]4CC[C@]5(C)[C@H](C6=CC(=O)OC6)CC[C@]5(O)[C@H]4CC[C@]3(O)C2)O[C@H](C)[C@H]1O. The number of nitrogens with zero attached hydrogens (tertiary/aromatic N) is 1. The lowest BCUT2D eigenvalue weighted by Crippen LogP contribution is -2.69. The molecule has 43 heavy (non-hydrogen) atoms. The number of esters is 1. The van der Waals surface area contributed by atoms with Gasteiger partial charge in [-0.3, -0.25) is 4.99 Å². The predicted octanol–water partition coefficient (Wildman–Crippen LogP) is 2.69. The van der Waals surface area contributed by atoms with Crippen molar-refractivity contribution >= 4 is 12.2 Å². The molecule has 10 nitrogen and oxygen atoms in total. The fourth-order valence-corrected chi connectivity index (χ4v) is 10.4. The van der Waals surface area contributed by atoms with Crippen molar-refractivity contribution in [3.8, 4) is 0 Å². The third-order valence-electron chi connectivity index (χ3n) is 12.7. The Kier molecular flexibility index (Phi) is 8.63. The third-order valence-corrected chi connectivity index (χ3v) is 12.7. The van der Waals surface area contributed by atoms with Gasteiger partial charge in [-0.25, -0.2) is 4.79 Å². The minimum Gasteiger partial charge on any atom is -0.458 e. The zero-order chi connectivity index (χ0) is 30.6. The number of aliphatic hydroxyl groups is 4. The van der Waals surface area contributed by atoms with Crippen LogP contribution in [0.1, 0.15) is 84.5 Å². The number of aliphatic hydroxyl groups excluding tert-OH is 2. The maximum absolute atomic E-state index is 12.6. The summed E-state index contributed by atoms with van der Waals surface area (Å²) in [6, 6.07) is 0. The van der Waals surface area contributed by atoms with E-state index in [-0.39, 0.29) is 48.0 Å². The van der Waals surface area contributed by atoms with Crippen molar-refractivity contribution in [3.63, 3.8) is 0 Å². The number of carbonyl (C=O) groups excluding carboxylic acids is 1. The van der Waals surface area contributed by atoms with E-state index >= 15 is 0 Å². The van der Waals surface area contributed by atoms with Gasteiger partial charge in [0, 0.05) is 56.2 Å². The van der Waals surface area contributed by atoms with E-state index in [1.807, 2.05) is 13.1 Å². The van der Waals surface area contributed by atoms with Gasteiger partial charge in [-0.1, -0.05) is 6.92 Å². The zero-order valence-corrected chi connectivity index (χ0v) is 26.0. The molecule has 0 spiro atoms. The second-order valence-corrected chi connectivity index (χ2v) is 14.5. The van der Waals surface area contributed by atoms with Gasteiger partial charge in [-0.2, -0.15) is 0 Å². The number of rotatable bonds is 8. The van der Waals surface area contributed by atoms with Crippen LogP contribution in [0.4, 0.5) is 0 Å². The first kappa shape index (κ1) is 31.6. The molecule has 242 valence electrons. The first-order valence-electron chi connectivity index (χ1n) is 16.5. The third kappa shape index (κ3) is 5.04. The average Bonchev–Trinajstić information content (AvgIpc) is 3.52. The molecule has 0 aromatic rings. The molecule has 0 aromatic heterocycles. The molecule has 6 rings (SSSR count). The number of aliphatic imine (C=N–C) groups is 1. The second-order valence-electron chi connectivity index (χ2n) is 14.5. The monoisotopic (exact) mass is 605 g/mol. The van der Waals surface area contributed by atoms with Crippen molar-refractivity contribution < 1.29 is 44.2 Å². The van der Waals surface area contributed by atoms with Crippen LogP contribution < -0.4 is 0 Å². The number of carbonyl (C=O) groups is 1. The summed E-state index contributed by atoms with van der Waals surface area (Å²) in [5.41, 5.74) is -1.93. The van der Waals surface area contributed by atoms with Crippen LogP contribution in [0.15, 0.2) is 16.6 Å². The summed E-state index contributed by atoms with van der Waals surface area (Å²) in [6.45, 7) is 4.90. The van der Waals surface area contributed by atoms with E-state index in [1.54, 1.807) is 13.2 Å². The van der Waals surface area contributed by atoms with Gasteiger partial charge < -0.3 is 39.4 Å². The van der Waals surface area contributed by atoms with Crippen molar-refractivity contribution in [2.45, 2.75) is 126 Å². The molecule has 2 heterocycles. The number of fused-ring (bicyclic) bond motifs is 5. The number of methoxy groups -OCH3 is 1. The molecule has 4 saturated carbocycles. The van der Waals surface area contributed by atoms with Crippen molar-refractivity contribution in [1.29, 1.82) is 0 Å². The maximum Gasteiger partial charge on any atom is 0.331 e. The molecule has 0 radical (unpaired) electrons. The zero-order valence-electron chi connectivity index (χ0n) is 26.0. The summed E-state index contributed by atoms with van der Waals surface area (Å²) in [5, 5.41) is 45.0. The second kappa shape index (κ2) is 11.8. The molecule has 4 N–H and O–H groups in total. The van der Waals surface area contributed by atoms with Crippen LogP contribution in [0.3, 0.4) is 0 Å². The highest BCUT2D eigenvalue weighted by atomic mass is 16.7. The molecule has 4 aliphatic carbocycles. The fourth-order valence-electron chi connectivity index (χ4n) is 10.4. The van der Waals surface area contributed by atoms with Gasteiger partial charge in [0.05, 0.1) is 29.5 Å². The van der Waals surface area contributed by atoms with Gasteiger partial charge >= 0.3 is 5.97 Å². The molecule has 1 saturated heterocycles. The number of cyclic esters (lactones) is 1. The Morgan fingerprint density at radius 2 is 1.91 bits per heavy atom. The molecule has 12 atom stereocenters. The normalized spacial score (nSPS) is 49.7. The smallest absolute Gasteiger partial charge is 0.331 e. The minimum atomic E-state index is -1.06. The van der Waals surface area contributed by atoms with E-state index < -0.39 is 35.1 Å². The highest BCUT2D eigenvalue weighted by molar-refractivity contribution is 5.85. The topological polar surface area (TPSA) is 147 Å². The molecule has 5 fully saturated rings. The number of hydrogen-bond donors (Lipinski definition) is 4. The molecule has 10 heteroatoms. The van der Waals surface area contributed by atoms with E-state index in [2.05, 4.69) is 6.92 Å². The van der Waals surface area contributed by atoms with Crippen LogP contribution in [0.2, 0.25) is 0 Å². The maximum atomic E-state index is 12.6. The van der Waals surface area contributed by atoms with E-state index in [0.29, 0.717) is 58.1 Å². The van der Waals surface area contributed by atoms with Crippen LogP contribution in [0.5, 0.6) is 0 Å². The van der Waals surface area contributed by atoms with E-state index in [0.717, 1.165) is 31.3 Å². The Labute approximate surface area is 254 Å². The molecule has 0 amide bonds. The summed E-state index contributed by atoms with van der Waals surface area (Å²) >= 11 is 0. The number of hydrogen-bond acceptors (Lipinski definition) is 10. The Balaban J connectivity index is 1.26. The Morgan fingerprint density at radius 3 is 2.63 bits per heavy atom. The van der Waals surface area contributed by atoms with Crippen LogP contribution in [0.25, 0.3) is 0 Å². The van der Waals surface area contributed by atoms with Gasteiger partial charge in [0.25, 0.3) is 0 Å². The van der Waals surface area contributed by atoms with Crippen molar-refractivity contribution in [3.05, 3.63) is 11.6 Å². The lowest BCUT2D eigenvalue weighted by atomic mass is 9.41. The molecule has 6 aliphatic rings. The van der Waals surface area contributed by atoms with Crippen LogP contribution in [-0.2, 0) is 23.7 Å². The first-order valence-corrected chi connectivity index (χ1v) is 16.5. The van der Waals surface area contributed by atoms with Gasteiger partial charge in [0.1, 0.15) is 12.7 Å². The van der Waals surface area contributed by atoms with Crippen molar-refractivity contribution in [2.75, 3.05) is 26.9 Å². The standard InChI is InChI=1S/C33H51NO9/c1-20-29(37)26(40-3)16-28(42-20)43-22-5-10-31(19-34-13-4-14-35)24-6-9-30(2)23(21-15-27(36)41-18-21)8-12-33(30,39)25(24)7-11-32(31,38)17-22/h15,19-20,22-26,28-29,35,37-39H,4-14,16-18H2,1-3H3/t20-,22-,23+,24+,25+,26+,28+,29-,30-,31+,32+,33+/m1/s1. The summed E-state index contributed by atoms with van der Waals surface area (Å²) < 4.78 is 23.2. The van der Waals surface area contributed by atoms with Gasteiger partial charge in [-0.05, 0) is 88.0 Å². The van der Waals surface area contributed by atoms with Crippen molar-refractivity contribution in [1.82, 2.24) is 0 Å². The van der Waals surface area contributed by atoms with E-state index in [9.17, 15) is 25.2 Å². The summed E-state index contributed by atoms with van der Waals surface area (Å²) in [5.74, 6) is -0.125. The Morgan fingerprint density at radius 1 is 1.12 bits per heavy atom.